The molecule has 0 aromatic heterocycles. The van der Waals surface area contributed by atoms with E-state index in [1.54, 1.807) is 0 Å². The zero-order valence-corrected chi connectivity index (χ0v) is 12.1. The number of carboxylic acid groups (broad SMARTS) is 1. The van der Waals surface area contributed by atoms with Crippen LogP contribution in [0, 0.1) is 11.7 Å². The van der Waals surface area contributed by atoms with E-state index in [-0.39, 0.29) is 17.2 Å². The van der Waals surface area contributed by atoms with Crippen LogP contribution < -0.4 is 5.32 Å². The summed E-state index contributed by atoms with van der Waals surface area (Å²) >= 11 is 0. The quantitative estimate of drug-likeness (QED) is 0.895. The summed E-state index contributed by atoms with van der Waals surface area (Å²) < 4.78 is 13.8. The number of halogens is 1. The Morgan fingerprint density at radius 1 is 1.38 bits per heavy atom. The van der Waals surface area contributed by atoms with Gasteiger partial charge in [0.1, 0.15) is 5.82 Å². The molecular formula is C16H20FNO3. The SMILES string of the molecule is CCC1CCCC(NC(=O)c2ccc(C(=O)O)cc2F)C1. The molecule has 2 atom stereocenters. The minimum absolute atomic E-state index is 0.0785. The molecule has 2 rings (SSSR count). The molecule has 0 radical (unpaired) electrons. The summed E-state index contributed by atoms with van der Waals surface area (Å²) in [6.45, 7) is 2.14. The van der Waals surface area contributed by atoms with E-state index >= 15 is 0 Å². The fourth-order valence-electron chi connectivity index (χ4n) is 2.89. The molecule has 4 nitrogen and oxygen atoms in total. The summed E-state index contributed by atoms with van der Waals surface area (Å²) in [6.07, 6.45) is 5.19. The second-order valence-electron chi connectivity index (χ2n) is 5.61. The third kappa shape index (κ3) is 3.80. The van der Waals surface area contributed by atoms with Crippen LogP contribution in [-0.4, -0.2) is 23.0 Å². The van der Waals surface area contributed by atoms with Crippen molar-refractivity contribution in [2.24, 2.45) is 5.92 Å². The molecular weight excluding hydrogens is 273 g/mol. The minimum atomic E-state index is -1.21. The molecule has 21 heavy (non-hydrogen) atoms. The number of hydrogen-bond acceptors (Lipinski definition) is 2. The first-order chi connectivity index (χ1) is 10.0. The zero-order chi connectivity index (χ0) is 15.4. The highest BCUT2D eigenvalue weighted by atomic mass is 19.1. The van der Waals surface area contributed by atoms with Crippen LogP contribution in [0.1, 0.15) is 59.7 Å². The van der Waals surface area contributed by atoms with Gasteiger partial charge in [0.25, 0.3) is 5.91 Å². The van der Waals surface area contributed by atoms with Crippen molar-refractivity contribution in [1.82, 2.24) is 5.32 Å². The molecule has 1 aliphatic carbocycles. The number of carbonyl (C=O) groups is 2. The maximum Gasteiger partial charge on any atom is 0.335 e. The number of hydrogen-bond donors (Lipinski definition) is 2. The highest BCUT2D eigenvalue weighted by molar-refractivity contribution is 5.96. The van der Waals surface area contributed by atoms with Gasteiger partial charge in [-0.05, 0) is 37.0 Å². The molecule has 2 unspecified atom stereocenters. The first-order valence-corrected chi connectivity index (χ1v) is 7.35. The van der Waals surface area contributed by atoms with Crippen LogP contribution in [0.3, 0.4) is 0 Å². The molecule has 1 amide bonds. The zero-order valence-electron chi connectivity index (χ0n) is 12.1. The van der Waals surface area contributed by atoms with Gasteiger partial charge in [0.15, 0.2) is 0 Å². The van der Waals surface area contributed by atoms with Crippen molar-refractivity contribution in [3.63, 3.8) is 0 Å². The lowest BCUT2D eigenvalue weighted by atomic mass is 9.84. The molecule has 0 bridgehead atoms. The molecule has 1 aromatic carbocycles. The number of rotatable bonds is 4. The monoisotopic (exact) mass is 293 g/mol. The van der Waals surface area contributed by atoms with E-state index in [0.29, 0.717) is 5.92 Å². The van der Waals surface area contributed by atoms with Crippen LogP contribution in [0.5, 0.6) is 0 Å². The van der Waals surface area contributed by atoms with Gasteiger partial charge in [-0.3, -0.25) is 4.79 Å². The van der Waals surface area contributed by atoms with Crippen molar-refractivity contribution in [1.29, 1.82) is 0 Å². The third-order valence-electron chi connectivity index (χ3n) is 4.16. The van der Waals surface area contributed by atoms with Gasteiger partial charge in [0.2, 0.25) is 0 Å². The third-order valence-corrected chi connectivity index (χ3v) is 4.16. The molecule has 5 heteroatoms. The second kappa shape index (κ2) is 6.70. The fraction of sp³-hybridized carbons (Fsp3) is 0.500. The molecule has 1 aromatic rings. The van der Waals surface area contributed by atoms with E-state index in [1.165, 1.54) is 18.6 Å². The first-order valence-electron chi connectivity index (χ1n) is 7.35. The van der Waals surface area contributed by atoms with Crippen molar-refractivity contribution < 1.29 is 19.1 Å². The van der Waals surface area contributed by atoms with Gasteiger partial charge < -0.3 is 10.4 Å². The molecule has 0 aliphatic heterocycles. The minimum Gasteiger partial charge on any atom is -0.478 e. The first kappa shape index (κ1) is 15.5. The lowest BCUT2D eigenvalue weighted by molar-refractivity contribution is 0.0695. The van der Waals surface area contributed by atoms with Gasteiger partial charge in [0, 0.05) is 6.04 Å². The lowest BCUT2D eigenvalue weighted by Gasteiger charge is -2.29. The normalized spacial score (nSPS) is 21.8. The van der Waals surface area contributed by atoms with Gasteiger partial charge >= 0.3 is 5.97 Å². The predicted octanol–water partition coefficient (Wildman–Crippen LogP) is 3.22. The van der Waals surface area contributed by atoms with Crippen LogP contribution >= 0.6 is 0 Å². The Balaban J connectivity index is 2.05. The fourth-order valence-corrected chi connectivity index (χ4v) is 2.89. The Labute approximate surface area is 123 Å². The Bertz CT molecular complexity index is 544. The topological polar surface area (TPSA) is 66.4 Å². The number of nitrogens with one attached hydrogen (secondary N) is 1. The van der Waals surface area contributed by atoms with Crippen LogP contribution in [0.15, 0.2) is 18.2 Å². The highest BCUT2D eigenvalue weighted by Gasteiger charge is 2.23. The summed E-state index contributed by atoms with van der Waals surface area (Å²) in [5, 5.41) is 11.7. The standard InChI is InChI=1S/C16H20FNO3/c1-2-10-4-3-5-12(8-10)18-15(19)13-7-6-11(16(20)21)9-14(13)17/h6-7,9-10,12H,2-5,8H2,1H3,(H,18,19)(H,20,21). The van der Waals surface area contributed by atoms with Crippen molar-refractivity contribution >= 4 is 11.9 Å². The van der Waals surface area contributed by atoms with Crippen LogP contribution in [0.2, 0.25) is 0 Å². The van der Waals surface area contributed by atoms with Gasteiger partial charge in [-0.15, -0.1) is 0 Å². The maximum atomic E-state index is 13.8. The van der Waals surface area contributed by atoms with E-state index in [9.17, 15) is 14.0 Å². The van der Waals surface area contributed by atoms with E-state index in [0.717, 1.165) is 31.7 Å². The van der Waals surface area contributed by atoms with E-state index < -0.39 is 17.7 Å². The van der Waals surface area contributed by atoms with Crippen molar-refractivity contribution in [2.45, 2.75) is 45.1 Å². The maximum absolute atomic E-state index is 13.8. The molecule has 2 N–H and O–H groups in total. The summed E-state index contributed by atoms with van der Waals surface area (Å²) in [6, 6.07) is 3.44. The number of carboxylic acids is 1. The smallest absolute Gasteiger partial charge is 0.335 e. The predicted molar refractivity (Wildman–Crippen MR) is 76.9 cm³/mol. The molecule has 1 fully saturated rings. The summed E-state index contributed by atoms with van der Waals surface area (Å²) in [5.74, 6) is -1.86. The molecule has 0 spiro atoms. The Morgan fingerprint density at radius 2 is 2.14 bits per heavy atom. The Kier molecular flexibility index (Phi) is 4.94. The molecule has 1 aliphatic rings. The van der Waals surface area contributed by atoms with Crippen LogP contribution in [0.4, 0.5) is 4.39 Å². The van der Waals surface area contributed by atoms with Crippen molar-refractivity contribution in [3.05, 3.63) is 35.1 Å². The van der Waals surface area contributed by atoms with E-state index in [4.69, 9.17) is 5.11 Å². The molecule has 0 heterocycles. The average molecular weight is 293 g/mol. The van der Waals surface area contributed by atoms with Gasteiger partial charge in [0.05, 0.1) is 11.1 Å². The Hall–Kier alpha value is -1.91. The highest BCUT2D eigenvalue weighted by Crippen LogP contribution is 2.26. The number of benzene rings is 1. The van der Waals surface area contributed by atoms with Gasteiger partial charge in [-0.25, -0.2) is 9.18 Å². The van der Waals surface area contributed by atoms with E-state index in [2.05, 4.69) is 12.2 Å². The van der Waals surface area contributed by atoms with Gasteiger partial charge in [-0.1, -0.05) is 26.2 Å². The van der Waals surface area contributed by atoms with Crippen molar-refractivity contribution in [3.8, 4) is 0 Å². The number of carbonyl (C=O) groups excluding carboxylic acids is 1. The number of amides is 1. The molecule has 1 saturated carbocycles. The average Bonchev–Trinajstić information content (AvgIpc) is 2.47. The second-order valence-corrected chi connectivity index (χ2v) is 5.61. The van der Waals surface area contributed by atoms with Crippen LogP contribution in [0.25, 0.3) is 0 Å². The number of aromatic carboxylic acids is 1. The summed E-state index contributed by atoms with van der Waals surface area (Å²) in [5.41, 5.74) is -0.258. The van der Waals surface area contributed by atoms with E-state index in [1.807, 2.05) is 0 Å². The molecule has 0 saturated heterocycles. The van der Waals surface area contributed by atoms with Gasteiger partial charge in [-0.2, -0.15) is 0 Å². The summed E-state index contributed by atoms with van der Waals surface area (Å²) in [7, 11) is 0. The summed E-state index contributed by atoms with van der Waals surface area (Å²) in [4.78, 5) is 22.9. The van der Waals surface area contributed by atoms with Crippen molar-refractivity contribution in [2.75, 3.05) is 0 Å². The van der Waals surface area contributed by atoms with Crippen LogP contribution in [-0.2, 0) is 0 Å². The lowest BCUT2D eigenvalue weighted by Crippen LogP contribution is -2.38. The Morgan fingerprint density at radius 3 is 2.76 bits per heavy atom. The molecule has 114 valence electrons. The largest absolute Gasteiger partial charge is 0.478 e.